The van der Waals surface area contributed by atoms with Crippen molar-refractivity contribution >= 4 is 6.29 Å². The van der Waals surface area contributed by atoms with Crippen LogP contribution in [0.15, 0.2) is 12.2 Å². The molecule has 2 heteroatoms. The van der Waals surface area contributed by atoms with Gasteiger partial charge in [0.05, 0.1) is 0 Å². The minimum atomic E-state index is 0.407. The second-order valence-corrected chi connectivity index (χ2v) is 3.77. The summed E-state index contributed by atoms with van der Waals surface area (Å²) in [5, 5.41) is 0. The Bertz CT molecular complexity index is 186. The molecule has 0 aromatic heterocycles. The zero-order valence-corrected chi connectivity index (χ0v) is 7.92. The molecule has 1 aliphatic heterocycles. The minimum Gasteiger partial charge on any atom is -0.300 e. The summed E-state index contributed by atoms with van der Waals surface area (Å²) in [7, 11) is 0. The maximum Gasteiger partial charge on any atom is 0.145 e. The van der Waals surface area contributed by atoms with E-state index in [1.165, 1.54) is 0 Å². The van der Waals surface area contributed by atoms with Crippen molar-refractivity contribution in [3.05, 3.63) is 12.2 Å². The third-order valence-corrected chi connectivity index (χ3v) is 2.63. The predicted molar refractivity (Wildman–Crippen MR) is 50.0 cm³/mol. The lowest BCUT2D eigenvalue weighted by molar-refractivity contribution is -0.105. The van der Waals surface area contributed by atoms with Gasteiger partial charge in [0.15, 0.2) is 0 Å². The number of nitrogens with zero attached hydrogens (tertiary/aromatic N) is 1. The third kappa shape index (κ3) is 1.95. The standard InChI is InChI=1S/C10H17NO/c1-8(2)11-5-4-10(6-11)9(3)7-12/h7-8,10H,3-6H2,1-2H3. The largest absolute Gasteiger partial charge is 0.300 e. The molecule has 0 aliphatic carbocycles. The predicted octanol–water partition coefficient (Wildman–Crippen LogP) is 1.47. The highest BCUT2D eigenvalue weighted by molar-refractivity contribution is 5.73. The van der Waals surface area contributed by atoms with Gasteiger partial charge in [-0.05, 0) is 32.4 Å². The molecule has 1 fully saturated rings. The normalized spacial score (nSPS) is 24.8. The Morgan fingerprint density at radius 1 is 1.67 bits per heavy atom. The van der Waals surface area contributed by atoms with Gasteiger partial charge in [-0.2, -0.15) is 0 Å². The molecule has 1 aliphatic rings. The maximum atomic E-state index is 10.5. The second-order valence-electron chi connectivity index (χ2n) is 3.77. The fourth-order valence-corrected chi connectivity index (χ4v) is 1.66. The zero-order valence-electron chi connectivity index (χ0n) is 7.92. The van der Waals surface area contributed by atoms with Crippen LogP contribution in [-0.2, 0) is 4.79 Å². The average Bonchev–Trinajstić information content (AvgIpc) is 2.51. The van der Waals surface area contributed by atoms with Crippen molar-refractivity contribution < 1.29 is 4.79 Å². The lowest BCUT2D eigenvalue weighted by Crippen LogP contribution is -2.28. The highest BCUT2D eigenvalue weighted by Crippen LogP contribution is 2.22. The van der Waals surface area contributed by atoms with E-state index < -0.39 is 0 Å². The first-order valence-corrected chi connectivity index (χ1v) is 4.53. The van der Waals surface area contributed by atoms with Crippen LogP contribution in [0.5, 0.6) is 0 Å². The quantitative estimate of drug-likeness (QED) is 0.468. The molecule has 0 saturated carbocycles. The van der Waals surface area contributed by atoms with Crippen molar-refractivity contribution in [3.8, 4) is 0 Å². The monoisotopic (exact) mass is 167 g/mol. The second kappa shape index (κ2) is 3.85. The molecule has 2 nitrogen and oxygen atoms in total. The van der Waals surface area contributed by atoms with Crippen molar-refractivity contribution in [3.63, 3.8) is 0 Å². The van der Waals surface area contributed by atoms with Crippen LogP contribution >= 0.6 is 0 Å². The van der Waals surface area contributed by atoms with Gasteiger partial charge in [0.2, 0.25) is 0 Å². The molecular formula is C10H17NO. The summed E-state index contributed by atoms with van der Waals surface area (Å²) in [6, 6.07) is 0.592. The van der Waals surface area contributed by atoms with Crippen LogP contribution in [0.3, 0.4) is 0 Å². The third-order valence-electron chi connectivity index (χ3n) is 2.63. The van der Waals surface area contributed by atoms with Crippen LogP contribution in [0.25, 0.3) is 0 Å². The molecule has 0 N–H and O–H groups in total. The van der Waals surface area contributed by atoms with Gasteiger partial charge in [0.1, 0.15) is 6.29 Å². The van der Waals surface area contributed by atoms with Crippen molar-refractivity contribution in [2.75, 3.05) is 13.1 Å². The van der Waals surface area contributed by atoms with Gasteiger partial charge in [-0.3, -0.25) is 4.79 Å². The number of hydrogen-bond acceptors (Lipinski definition) is 2. The maximum absolute atomic E-state index is 10.5. The number of hydrogen-bond donors (Lipinski definition) is 0. The number of likely N-dealkylation sites (tertiary alicyclic amines) is 1. The first-order valence-electron chi connectivity index (χ1n) is 4.53. The summed E-state index contributed by atoms with van der Waals surface area (Å²) in [5.41, 5.74) is 0.762. The summed E-state index contributed by atoms with van der Waals surface area (Å²) in [5.74, 6) is 0.407. The van der Waals surface area contributed by atoms with E-state index in [0.29, 0.717) is 12.0 Å². The van der Waals surface area contributed by atoms with Crippen LogP contribution in [-0.4, -0.2) is 30.3 Å². The highest BCUT2D eigenvalue weighted by Gasteiger charge is 2.25. The number of rotatable bonds is 3. The summed E-state index contributed by atoms with van der Waals surface area (Å²) in [4.78, 5) is 12.8. The molecule has 12 heavy (non-hydrogen) atoms. The van der Waals surface area contributed by atoms with Gasteiger partial charge in [0, 0.05) is 18.5 Å². The van der Waals surface area contributed by atoms with Gasteiger partial charge in [-0.1, -0.05) is 6.58 Å². The van der Waals surface area contributed by atoms with Crippen LogP contribution in [0, 0.1) is 5.92 Å². The fourth-order valence-electron chi connectivity index (χ4n) is 1.66. The molecule has 1 atom stereocenters. The van der Waals surface area contributed by atoms with E-state index >= 15 is 0 Å². The smallest absolute Gasteiger partial charge is 0.145 e. The van der Waals surface area contributed by atoms with Gasteiger partial charge in [-0.25, -0.2) is 0 Å². The van der Waals surface area contributed by atoms with Crippen molar-refractivity contribution in [2.24, 2.45) is 5.92 Å². The molecule has 1 saturated heterocycles. The van der Waals surface area contributed by atoms with Crippen LogP contribution in [0.4, 0.5) is 0 Å². The van der Waals surface area contributed by atoms with Crippen LogP contribution < -0.4 is 0 Å². The van der Waals surface area contributed by atoms with E-state index in [1.807, 2.05) is 0 Å². The molecule has 68 valence electrons. The average molecular weight is 167 g/mol. The van der Waals surface area contributed by atoms with E-state index in [-0.39, 0.29) is 0 Å². The van der Waals surface area contributed by atoms with E-state index in [1.54, 1.807) is 0 Å². The molecule has 1 unspecified atom stereocenters. The Kier molecular flexibility index (Phi) is 3.04. The van der Waals surface area contributed by atoms with Gasteiger partial charge >= 0.3 is 0 Å². The first-order chi connectivity index (χ1) is 5.65. The molecule has 0 spiro atoms. The van der Waals surface area contributed by atoms with Crippen LogP contribution in [0.1, 0.15) is 20.3 Å². The Labute approximate surface area is 74.2 Å². The molecule has 1 heterocycles. The van der Waals surface area contributed by atoms with E-state index in [9.17, 15) is 4.79 Å². The lowest BCUT2D eigenvalue weighted by atomic mass is 10.0. The Hall–Kier alpha value is -0.630. The number of carbonyl (C=O) groups excluding carboxylic acids is 1. The zero-order chi connectivity index (χ0) is 9.14. The van der Waals surface area contributed by atoms with Crippen LogP contribution in [0.2, 0.25) is 0 Å². The summed E-state index contributed by atoms with van der Waals surface area (Å²) in [6.07, 6.45) is 1.99. The number of aldehydes is 1. The fraction of sp³-hybridized carbons (Fsp3) is 0.700. The molecule has 0 radical (unpaired) electrons. The van der Waals surface area contributed by atoms with Gasteiger partial charge in [-0.15, -0.1) is 0 Å². The van der Waals surface area contributed by atoms with E-state index in [4.69, 9.17) is 0 Å². The van der Waals surface area contributed by atoms with E-state index in [0.717, 1.165) is 31.4 Å². The van der Waals surface area contributed by atoms with Crippen molar-refractivity contribution in [1.82, 2.24) is 4.90 Å². The Balaban J connectivity index is 2.45. The van der Waals surface area contributed by atoms with Gasteiger partial charge in [0.25, 0.3) is 0 Å². The van der Waals surface area contributed by atoms with Gasteiger partial charge < -0.3 is 4.90 Å². The first kappa shape index (κ1) is 9.46. The topological polar surface area (TPSA) is 20.3 Å². The summed E-state index contributed by atoms with van der Waals surface area (Å²) < 4.78 is 0. The Morgan fingerprint density at radius 3 is 2.75 bits per heavy atom. The molecule has 0 aromatic rings. The molecule has 1 rings (SSSR count). The van der Waals surface area contributed by atoms with Crippen molar-refractivity contribution in [2.45, 2.75) is 26.3 Å². The highest BCUT2D eigenvalue weighted by atomic mass is 16.1. The van der Waals surface area contributed by atoms with E-state index in [2.05, 4.69) is 25.3 Å². The Morgan fingerprint density at radius 2 is 2.33 bits per heavy atom. The number of carbonyl (C=O) groups is 1. The van der Waals surface area contributed by atoms with Crippen molar-refractivity contribution in [1.29, 1.82) is 0 Å². The molecule has 0 bridgehead atoms. The summed E-state index contributed by atoms with van der Waals surface area (Å²) >= 11 is 0. The molecular weight excluding hydrogens is 150 g/mol. The SMILES string of the molecule is C=C(C=O)C1CCN(C(C)C)C1. The summed E-state index contributed by atoms with van der Waals surface area (Å²) in [6.45, 7) is 10.2. The lowest BCUT2D eigenvalue weighted by Gasteiger charge is -2.19. The molecule has 0 aromatic carbocycles. The minimum absolute atomic E-state index is 0.407. The molecule has 0 amide bonds.